The lowest BCUT2D eigenvalue weighted by Gasteiger charge is -2.19. The summed E-state index contributed by atoms with van der Waals surface area (Å²) in [5, 5.41) is 11.2. The van der Waals surface area contributed by atoms with E-state index in [9.17, 15) is 0 Å². The number of benzene rings is 7. The second-order valence-corrected chi connectivity index (χ2v) is 11.5. The van der Waals surface area contributed by atoms with Crippen LogP contribution in [-0.2, 0) is 0 Å². The van der Waals surface area contributed by atoms with Crippen LogP contribution in [0.1, 0.15) is 0 Å². The summed E-state index contributed by atoms with van der Waals surface area (Å²) in [6, 6.07) is 46.4. The second kappa shape index (κ2) is 8.29. The topological polar surface area (TPSA) is 13.1 Å². The van der Waals surface area contributed by atoms with Gasteiger partial charge < -0.3 is 4.42 Å². The van der Waals surface area contributed by atoms with Crippen LogP contribution in [0.15, 0.2) is 138 Å². The molecule has 0 N–H and O–H groups in total. The summed E-state index contributed by atoms with van der Waals surface area (Å²) >= 11 is 1.86. The molecule has 0 unspecified atom stereocenters. The summed E-state index contributed by atoms with van der Waals surface area (Å²) in [6.07, 6.45) is 1.82. The Labute approximate surface area is 234 Å². The molecular weight excluding hydrogens is 504 g/mol. The predicted molar refractivity (Wildman–Crippen MR) is 172 cm³/mol. The van der Waals surface area contributed by atoms with Gasteiger partial charge in [-0.05, 0) is 67.2 Å². The minimum Gasteiger partial charge on any atom is -0.464 e. The van der Waals surface area contributed by atoms with Gasteiger partial charge in [-0.2, -0.15) is 0 Å². The predicted octanol–water partition coefficient (Wildman–Crippen LogP) is 11.6. The van der Waals surface area contributed by atoms with Crippen LogP contribution in [0.3, 0.4) is 0 Å². The molecule has 0 bridgehead atoms. The normalized spacial score (nSPS) is 12.0. The van der Waals surface area contributed by atoms with Gasteiger partial charge in [-0.25, -0.2) is 0 Å². The zero-order valence-electron chi connectivity index (χ0n) is 21.5. The van der Waals surface area contributed by atoms with E-state index in [0.29, 0.717) is 0 Å². The Hall–Kier alpha value is -4.92. The van der Waals surface area contributed by atoms with E-state index in [1.165, 1.54) is 74.7 Å². The fraction of sp³-hybridized carbons (Fsp3) is 0. The Kier molecular flexibility index (Phi) is 4.55. The standard InChI is InChI=1S/C38H22OS/c1-2-12-25-23(10-1)11-9-18-26(25)34-27-13-3-5-15-29(27)35(30-16-6-4-14-28(30)34)32-22-24-20-21-39-37(24)36-31-17-7-8-19-33(31)40-38(32)36/h1-22H. The van der Waals surface area contributed by atoms with Crippen molar-refractivity contribution in [3.05, 3.63) is 134 Å². The largest absolute Gasteiger partial charge is 0.464 e. The Morgan fingerprint density at radius 1 is 0.450 bits per heavy atom. The smallest absolute Gasteiger partial charge is 0.143 e. The van der Waals surface area contributed by atoms with Crippen LogP contribution in [0.4, 0.5) is 0 Å². The molecule has 2 heterocycles. The first-order valence-electron chi connectivity index (χ1n) is 13.6. The molecule has 0 fully saturated rings. The van der Waals surface area contributed by atoms with Crippen LogP contribution in [0, 0.1) is 0 Å². The molecule has 1 nitrogen and oxygen atoms in total. The summed E-state index contributed by atoms with van der Waals surface area (Å²) in [7, 11) is 0. The maximum atomic E-state index is 6.09. The summed E-state index contributed by atoms with van der Waals surface area (Å²) in [6.45, 7) is 0. The molecule has 0 aliphatic heterocycles. The molecule has 40 heavy (non-hydrogen) atoms. The molecule has 9 rings (SSSR count). The first-order chi connectivity index (χ1) is 19.9. The van der Waals surface area contributed by atoms with Crippen molar-refractivity contribution >= 4 is 74.8 Å². The first kappa shape index (κ1) is 22.0. The molecule has 9 aromatic rings. The fourth-order valence-corrected chi connectivity index (χ4v) is 7.88. The Balaban J connectivity index is 1.50. The molecular formula is C38H22OS. The molecule has 0 saturated carbocycles. The zero-order valence-corrected chi connectivity index (χ0v) is 22.3. The third-order valence-corrected chi connectivity index (χ3v) is 9.53. The average Bonchev–Trinajstić information content (AvgIpc) is 3.64. The third kappa shape index (κ3) is 2.97. The van der Waals surface area contributed by atoms with E-state index in [-0.39, 0.29) is 0 Å². The van der Waals surface area contributed by atoms with Gasteiger partial charge in [-0.3, -0.25) is 0 Å². The van der Waals surface area contributed by atoms with Crippen LogP contribution in [-0.4, -0.2) is 0 Å². The molecule has 0 aliphatic rings. The van der Waals surface area contributed by atoms with Gasteiger partial charge in [0.2, 0.25) is 0 Å². The van der Waals surface area contributed by atoms with Gasteiger partial charge in [-0.15, -0.1) is 11.3 Å². The number of furan rings is 1. The van der Waals surface area contributed by atoms with Crippen molar-refractivity contribution in [3.63, 3.8) is 0 Å². The van der Waals surface area contributed by atoms with Gasteiger partial charge >= 0.3 is 0 Å². The number of fused-ring (bicyclic) bond motifs is 8. The molecule has 7 aromatic carbocycles. The molecule has 0 radical (unpaired) electrons. The maximum Gasteiger partial charge on any atom is 0.143 e. The zero-order chi connectivity index (χ0) is 26.2. The number of rotatable bonds is 2. The fourth-order valence-electron chi connectivity index (χ4n) is 6.66. The molecule has 2 aromatic heterocycles. The Bertz CT molecular complexity index is 2380. The second-order valence-electron chi connectivity index (χ2n) is 10.4. The van der Waals surface area contributed by atoms with Gasteiger partial charge in [0.25, 0.3) is 0 Å². The molecule has 0 spiro atoms. The van der Waals surface area contributed by atoms with E-state index in [4.69, 9.17) is 4.42 Å². The lowest BCUT2D eigenvalue weighted by molar-refractivity contribution is 0.619. The minimum atomic E-state index is 0.970. The highest BCUT2D eigenvalue weighted by atomic mass is 32.1. The minimum absolute atomic E-state index is 0.970. The lowest BCUT2D eigenvalue weighted by atomic mass is 9.84. The van der Waals surface area contributed by atoms with Crippen molar-refractivity contribution in [1.82, 2.24) is 0 Å². The van der Waals surface area contributed by atoms with Crippen molar-refractivity contribution in [2.75, 3.05) is 0 Å². The van der Waals surface area contributed by atoms with E-state index < -0.39 is 0 Å². The SMILES string of the molecule is c1ccc2c(-c3c4ccccc4c(-c4cc5ccoc5c5c4sc4ccccc45)c4ccccc34)cccc2c1. The Morgan fingerprint density at radius 2 is 1.02 bits per heavy atom. The molecule has 186 valence electrons. The number of hydrogen-bond acceptors (Lipinski definition) is 2. The van der Waals surface area contributed by atoms with Crippen LogP contribution >= 0.6 is 11.3 Å². The highest BCUT2D eigenvalue weighted by Gasteiger charge is 2.22. The first-order valence-corrected chi connectivity index (χ1v) is 14.4. The van der Waals surface area contributed by atoms with E-state index in [1.807, 2.05) is 17.6 Å². The summed E-state index contributed by atoms with van der Waals surface area (Å²) < 4.78 is 8.64. The van der Waals surface area contributed by atoms with Crippen molar-refractivity contribution in [1.29, 1.82) is 0 Å². The Morgan fingerprint density at radius 3 is 1.75 bits per heavy atom. The maximum absolute atomic E-state index is 6.09. The average molecular weight is 527 g/mol. The van der Waals surface area contributed by atoms with Crippen LogP contribution in [0.25, 0.3) is 85.7 Å². The summed E-state index contributed by atoms with van der Waals surface area (Å²) in [5.74, 6) is 0. The van der Waals surface area contributed by atoms with Gasteiger partial charge in [0.05, 0.1) is 6.26 Å². The highest BCUT2D eigenvalue weighted by molar-refractivity contribution is 7.26. The quantitative estimate of drug-likeness (QED) is 0.204. The number of hydrogen-bond donors (Lipinski definition) is 0. The van der Waals surface area contributed by atoms with Crippen molar-refractivity contribution in [3.8, 4) is 22.3 Å². The van der Waals surface area contributed by atoms with Gasteiger partial charge in [-0.1, -0.05) is 109 Å². The van der Waals surface area contributed by atoms with Crippen molar-refractivity contribution < 1.29 is 4.42 Å². The van der Waals surface area contributed by atoms with E-state index >= 15 is 0 Å². The van der Waals surface area contributed by atoms with Gasteiger partial charge in [0.15, 0.2) is 0 Å². The molecule has 0 aliphatic carbocycles. The molecule has 0 saturated heterocycles. The van der Waals surface area contributed by atoms with Crippen molar-refractivity contribution in [2.24, 2.45) is 0 Å². The summed E-state index contributed by atoms with van der Waals surface area (Å²) in [4.78, 5) is 0. The number of thiophene rings is 1. The van der Waals surface area contributed by atoms with E-state index in [1.54, 1.807) is 0 Å². The van der Waals surface area contributed by atoms with E-state index in [0.717, 1.165) is 11.0 Å². The molecule has 2 heteroatoms. The van der Waals surface area contributed by atoms with E-state index in [2.05, 4.69) is 127 Å². The van der Waals surface area contributed by atoms with Crippen LogP contribution < -0.4 is 0 Å². The lowest BCUT2D eigenvalue weighted by Crippen LogP contribution is -1.92. The summed E-state index contributed by atoms with van der Waals surface area (Å²) in [5.41, 5.74) is 6.09. The molecule has 0 atom stereocenters. The van der Waals surface area contributed by atoms with Gasteiger partial charge in [0, 0.05) is 31.1 Å². The third-order valence-electron chi connectivity index (χ3n) is 8.32. The van der Waals surface area contributed by atoms with Gasteiger partial charge in [0.1, 0.15) is 5.58 Å². The molecule has 0 amide bonds. The monoisotopic (exact) mass is 526 g/mol. The van der Waals surface area contributed by atoms with Crippen LogP contribution in [0.2, 0.25) is 0 Å². The highest BCUT2D eigenvalue weighted by Crippen LogP contribution is 2.50. The van der Waals surface area contributed by atoms with Crippen molar-refractivity contribution in [2.45, 2.75) is 0 Å². The van der Waals surface area contributed by atoms with Crippen LogP contribution in [0.5, 0.6) is 0 Å².